The third kappa shape index (κ3) is 3.77. The summed E-state index contributed by atoms with van der Waals surface area (Å²) in [5, 5.41) is 10.8. The highest BCUT2D eigenvalue weighted by molar-refractivity contribution is 5.87. The lowest BCUT2D eigenvalue weighted by Crippen LogP contribution is -2.51. The molecule has 136 valence electrons. The van der Waals surface area contributed by atoms with Gasteiger partial charge in [-0.1, -0.05) is 0 Å². The number of nitrogens with zero attached hydrogens (tertiary/aromatic N) is 7. The summed E-state index contributed by atoms with van der Waals surface area (Å²) < 4.78 is 1.51. The second kappa shape index (κ2) is 7.16. The number of tetrazole rings is 1. The molecule has 4 heterocycles. The van der Waals surface area contributed by atoms with E-state index < -0.39 is 0 Å². The molecule has 10 heteroatoms. The first-order chi connectivity index (χ1) is 12.0. The van der Waals surface area contributed by atoms with Crippen LogP contribution in [-0.2, 0) is 20.9 Å². The minimum Gasteiger partial charge on any atom is -0.347 e. The highest BCUT2D eigenvalue weighted by Crippen LogP contribution is 2.29. The first-order valence-electron chi connectivity index (χ1n) is 8.45. The number of carbonyl (C=O) groups excluding carboxylic acids is 3. The lowest BCUT2D eigenvalue weighted by Gasteiger charge is -2.35. The summed E-state index contributed by atoms with van der Waals surface area (Å²) in [6, 6.07) is -0.0906. The van der Waals surface area contributed by atoms with Gasteiger partial charge in [0.15, 0.2) is 0 Å². The fraction of sp³-hybridized carbons (Fsp3) is 0.733. The summed E-state index contributed by atoms with van der Waals surface area (Å²) >= 11 is 0. The fourth-order valence-corrected chi connectivity index (χ4v) is 3.39. The average Bonchev–Trinajstić information content (AvgIpc) is 2.96. The van der Waals surface area contributed by atoms with Gasteiger partial charge in [-0.3, -0.25) is 14.4 Å². The molecule has 10 nitrogen and oxygen atoms in total. The zero-order valence-corrected chi connectivity index (χ0v) is 14.5. The minimum absolute atomic E-state index is 0.0118. The zero-order valence-electron chi connectivity index (χ0n) is 14.5. The molecule has 3 fully saturated rings. The molecule has 4 rings (SSSR count). The highest BCUT2D eigenvalue weighted by atomic mass is 16.2. The summed E-state index contributed by atoms with van der Waals surface area (Å²) in [6.07, 6.45) is 3.35. The summed E-state index contributed by atoms with van der Waals surface area (Å²) in [5.74, 6) is -0.341. The molecule has 0 aromatic carbocycles. The van der Waals surface area contributed by atoms with Crippen LogP contribution in [0.2, 0.25) is 0 Å². The average molecular weight is 349 g/mol. The number of carbonyl (C=O) groups is 3. The van der Waals surface area contributed by atoms with E-state index in [1.165, 1.54) is 15.9 Å². The number of rotatable bonds is 5. The number of aromatic nitrogens is 4. The first kappa shape index (κ1) is 17.3. The van der Waals surface area contributed by atoms with Gasteiger partial charge < -0.3 is 14.7 Å². The smallest absolute Gasteiger partial charge is 0.241 e. The molecule has 0 aliphatic carbocycles. The molecule has 3 amide bonds. The van der Waals surface area contributed by atoms with Crippen LogP contribution in [0.4, 0.5) is 0 Å². The second-order valence-electron chi connectivity index (χ2n) is 6.80. The lowest BCUT2D eigenvalue weighted by molar-refractivity contribution is -0.145. The van der Waals surface area contributed by atoms with Crippen LogP contribution in [0, 0.1) is 5.92 Å². The molecule has 0 unspecified atom stereocenters. The van der Waals surface area contributed by atoms with Gasteiger partial charge in [0.1, 0.15) is 12.9 Å². The van der Waals surface area contributed by atoms with Crippen LogP contribution >= 0.6 is 0 Å². The quantitative estimate of drug-likeness (QED) is 0.648. The molecule has 3 aliphatic heterocycles. The van der Waals surface area contributed by atoms with E-state index in [4.69, 9.17) is 0 Å². The van der Waals surface area contributed by atoms with Gasteiger partial charge in [-0.05, 0) is 23.3 Å². The van der Waals surface area contributed by atoms with Crippen LogP contribution in [0.15, 0.2) is 6.33 Å². The van der Waals surface area contributed by atoms with Gasteiger partial charge in [0.05, 0.1) is 12.5 Å². The van der Waals surface area contributed by atoms with Gasteiger partial charge in [-0.2, -0.15) is 0 Å². The molecular weight excluding hydrogens is 326 g/mol. The van der Waals surface area contributed by atoms with E-state index >= 15 is 0 Å². The lowest BCUT2D eigenvalue weighted by atomic mass is 9.94. The normalized spacial score (nSPS) is 22.9. The van der Waals surface area contributed by atoms with Crippen LogP contribution in [0.1, 0.15) is 19.3 Å². The van der Waals surface area contributed by atoms with Crippen molar-refractivity contribution in [2.24, 2.45) is 5.92 Å². The highest BCUT2D eigenvalue weighted by Gasteiger charge is 2.42. The summed E-state index contributed by atoms with van der Waals surface area (Å²) in [6.45, 7) is 1.40. The molecule has 2 bridgehead atoms. The van der Waals surface area contributed by atoms with Gasteiger partial charge >= 0.3 is 0 Å². The molecule has 25 heavy (non-hydrogen) atoms. The molecule has 1 aromatic heterocycles. The summed E-state index contributed by atoms with van der Waals surface area (Å²) in [4.78, 5) is 42.1. The van der Waals surface area contributed by atoms with Crippen LogP contribution in [0.5, 0.6) is 0 Å². The molecule has 3 aliphatic rings. The maximum Gasteiger partial charge on any atom is 0.241 e. The Morgan fingerprint density at radius 1 is 1.28 bits per heavy atom. The van der Waals surface area contributed by atoms with E-state index in [0.29, 0.717) is 19.6 Å². The SMILES string of the molecule is CN(C)C(=O)CN1C(=O)[C@@H]2CC[C@H]1CN(C(=O)CCn1cnnn1)C2. The van der Waals surface area contributed by atoms with Crippen molar-refractivity contribution in [1.29, 1.82) is 0 Å². The van der Waals surface area contributed by atoms with Gasteiger partial charge in [-0.25, -0.2) is 4.68 Å². The van der Waals surface area contributed by atoms with Crippen molar-refractivity contribution in [2.75, 3.05) is 33.7 Å². The van der Waals surface area contributed by atoms with E-state index in [1.807, 2.05) is 0 Å². The molecule has 3 saturated heterocycles. The van der Waals surface area contributed by atoms with Crippen molar-refractivity contribution in [3.05, 3.63) is 6.33 Å². The van der Waals surface area contributed by atoms with Gasteiger partial charge in [0.25, 0.3) is 0 Å². The molecule has 0 spiro atoms. The Hall–Kier alpha value is -2.52. The molecule has 2 atom stereocenters. The van der Waals surface area contributed by atoms with Crippen LogP contribution in [0.25, 0.3) is 0 Å². The number of aryl methyl sites for hydroxylation is 1. The van der Waals surface area contributed by atoms with Gasteiger partial charge in [-0.15, -0.1) is 5.10 Å². The standard InChI is InChI=1S/C15H23N7O3/c1-19(2)14(24)9-22-12-4-3-11(15(22)25)7-20(8-12)13(23)5-6-21-10-16-17-18-21/h10-12H,3-9H2,1-2H3/t11-,12+/m1/s1. The van der Waals surface area contributed by atoms with Crippen molar-refractivity contribution in [3.8, 4) is 0 Å². The number of fused-ring (bicyclic) bond motifs is 4. The second-order valence-corrected chi connectivity index (χ2v) is 6.80. The van der Waals surface area contributed by atoms with Crippen molar-refractivity contribution in [1.82, 2.24) is 34.9 Å². The van der Waals surface area contributed by atoms with Gasteiger partial charge in [0.2, 0.25) is 17.7 Å². The molecular formula is C15H23N7O3. The number of hydrogen-bond acceptors (Lipinski definition) is 6. The predicted molar refractivity (Wildman–Crippen MR) is 85.9 cm³/mol. The van der Waals surface area contributed by atoms with Crippen LogP contribution in [-0.4, -0.2) is 92.4 Å². The predicted octanol–water partition coefficient (Wildman–Crippen LogP) is -1.40. The Morgan fingerprint density at radius 3 is 2.76 bits per heavy atom. The third-order valence-electron chi connectivity index (χ3n) is 4.90. The number of piperidine rings is 1. The molecule has 0 saturated carbocycles. The third-order valence-corrected chi connectivity index (χ3v) is 4.90. The summed E-state index contributed by atoms with van der Waals surface area (Å²) in [5.41, 5.74) is 0. The van der Waals surface area contributed by atoms with E-state index in [-0.39, 0.29) is 42.6 Å². The zero-order chi connectivity index (χ0) is 18.0. The van der Waals surface area contributed by atoms with E-state index in [9.17, 15) is 14.4 Å². The van der Waals surface area contributed by atoms with Crippen LogP contribution < -0.4 is 0 Å². The Labute approximate surface area is 145 Å². The van der Waals surface area contributed by atoms with Crippen molar-refractivity contribution < 1.29 is 14.4 Å². The van der Waals surface area contributed by atoms with E-state index in [1.54, 1.807) is 23.9 Å². The topological polar surface area (TPSA) is 105 Å². The number of hydrogen-bond donors (Lipinski definition) is 0. The largest absolute Gasteiger partial charge is 0.347 e. The maximum atomic E-state index is 12.7. The molecule has 0 radical (unpaired) electrons. The molecule has 1 aromatic rings. The Kier molecular flexibility index (Phi) is 4.95. The van der Waals surface area contributed by atoms with Crippen molar-refractivity contribution in [2.45, 2.75) is 31.8 Å². The minimum atomic E-state index is -0.217. The first-order valence-corrected chi connectivity index (χ1v) is 8.45. The Balaban J connectivity index is 1.64. The summed E-state index contributed by atoms with van der Waals surface area (Å²) in [7, 11) is 3.36. The monoisotopic (exact) mass is 349 g/mol. The van der Waals surface area contributed by atoms with Crippen LogP contribution in [0.3, 0.4) is 0 Å². The maximum absolute atomic E-state index is 12.7. The van der Waals surface area contributed by atoms with E-state index in [2.05, 4.69) is 15.5 Å². The van der Waals surface area contributed by atoms with Crippen molar-refractivity contribution in [3.63, 3.8) is 0 Å². The number of amides is 3. The Morgan fingerprint density at radius 2 is 2.08 bits per heavy atom. The Bertz CT molecular complexity index is 646. The fourth-order valence-electron chi connectivity index (χ4n) is 3.39. The number of likely N-dealkylation sites (N-methyl/N-ethyl adjacent to an activating group) is 1. The van der Waals surface area contributed by atoms with Crippen molar-refractivity contribution >= 4 is 17.7 Å². The van der Waals surface area contributed by atoms with E-state index in [0.717, 1.165) is 12.8 Å². The molecule has 0 N–H and O–H groups in total. The van der Waals surface area contributed by atoms with Gasteiger partial charge in [0, 0.05) is 39.6 Å².